The normalized spacial score (nSPS) is 32.2. The molecule has 1 N–H and O–H groups in total. The Morgan fingerprint density at radius 2 is 2.14 bits per heavy atom. The van der Waals surface area contributed by atoms with Crippen LogP contribution in [0, 0.1) is 18.3 Å². The Morgan fingerprint density at radius 3 is 2.64 bits per heavy atom. The molecule has 1 aliphatic carbocycles. The second-order valence-corrected chi connectivity index (χ2v) is 4.34. The number of rotatable bonds is 3. The number of ketones is 1. The van der Waals surface area contributed by atoms with Crippen LogP contribution in [0.25, 0.3) is 0 Å². The average molecular weight is 194 g/mol. The summed E-state index contributed by atoms with van der Waals surface area (Å²) in [5.41, 5.74) is -1.07. The summed E-state index contributed by atoms with van der Waals surface area (Å²) in [5, 5.41) is 10.1. The highest BCUT2D eigenvalue weighted by Gasteiger charge is 2.37. The standard InChI is InChI=1S/C12H18O2/c1-3-4-5-11(13)12(14)8-6-10(2)7-9-12/h1,10,14H,4-9H2,2H3. The highest BCUT2D eigenvalue weighted by Crippen LogP contribution is 2.33. The first kappa shape index (κ1) is 11.3. The minimum atomic E-state index is -1.07. The van der Waals surface area contributed by atoms with Gasteiger partial charge >= 0.3 is 0 Å². The molecule has 0 aromatic carbocycles. The smallest absolute Gasteiger partial charge is 0.165 e. The quantitative estimate of drug-likeness (QED) is 0.697. The third-order valence-electron chi connectivity index (χ3n) is 3.12. The van der Waals surface area contributed by atoms with Gasteiger partial charge in [-0.1, -0.05) is 6.92 Å². The molecular formula is C12H18O2. The van der Waals surface area contributed by atoms with Gasteiger partial charge in [0.2, 0.25) is 0 Å². The largest absolute Gasteiger partial charge is 0.382 e. The second kappa shape index (κ2) is 4.61. The Balaban J connectivity index is 2.49. The van der Waals surface area contributed by atoms with Crippen LogP contribution in [-0.2, 0) is 4.79 Å². The Hall–Kier alpha value is -0.810. The van der Waals surface area contributed by atoms with Crippen LogP contribution in [0.5, 0.6) is 0 Å². The number of aliphatic hydroxyl groups is 1. The molecule has 2 nitrogen and oxygen atoms in total. The molecule has 0 unspecified atom stereocenters. The van der Waals surface area contributed by atoms with Crippen LogP contribution in [0.1, 0.15) is 45.4 Å². The second-order valence-electron chi connectivity index (χ2n) is 4.34. The van der Waals surface area contributed by atoms with Gasteiger partial charge in [0.1, 0.15) is 5.60 Å². The molecule has 0 saturated heterocycles. The van der Waals surface area contributed by atoms with Crippen molar-refractivity contribution in [3.63, 3.8) is 0 Å². The van der Waals surface area contributed by atoms with Crippen molar-refractivity contribution in [3.8, 4) is 12.3 Å². The summed E-state index contributed by atoms with van der Waals surface area (Å²) in [6, 6.07) is 0. The van der Waals surface area contributed by atoms with Gasteiger partial charge in [-0.05, 0) is 31.6 Å². The molecule has 0 atom stereocenters. The molecule has 0 amide bonds. The molecule has 1 aliphatic rings. The molecule has 1 fully saturated rings. The molecule has 0 bridgehead atoms. The van der Waals surface area contributed by atoms with Gasteiger partial charge in [0.05, 0.1) is 0 Å². The maximum Gasteiger partial charge on any atom is 0.165 e. The van der Waals surface area contributed by atoms with Gasteiger partial charge in [-0.25, -0.2) is 0 Å². The summed E-state index contributed by atoms with van der Waals surface area (Å²) in [5.74, 6) is 3.00. The third kappa shape index (κ3) is 2.59. The lowest BCUT2D eigenvalue weighted by atomic mass is 9.76. The molecule has 0 heterocycles. The van der Waals surface area contributed by atoms with E-state index in [0.717, 1.165) is 12.8 Å². The summed E-state index contributed by atoms with van der Waals surface area (Å²) >= 11 is 0. The molecule has 1 saturated carbocycles. The van der Waals surface area contributed by atoms with Crippen molar-refractivity contribution >= 4 is 5.78 Å². The van der Waals surface area contributed by atoms with E-state index in [9.17, 15) is 9.90 Å². The zero-order valence-electron chi connectivity index (χ0n) is 8.75. The van der Waals surface area contributed by atoms with E-state index in [4.69, 9.17) is 6.42 Å². The van der Waals surface area contributed by atoms with Gasteiger partial charge in [0.25, 0.3) is 0 Å². The van der Waals surface area contributed by atoms with E-state index < -0.39 is 5.60 Å². The number of carbonyl (C=O) groups is 1. The predicted octanol–water partition coefficient (Wildman–Crippen LogP) is 1.91. The number of Topliss-reactive ketones (excluding diaryl/α,β-unsaturated/α-hetero) is 1. The number of hydrogen-bond donors (Lipinski definition) is 1. The third-order valence-corrected chi connectivity index (χ3v) is 3.12. The minimum Gasteiger partial charge on any atom is -0.382 e. The van der Waals surface area contributed by atoms with E-state index in [1.807, 2.05) is 0 Å². The Kier molecular flexibility index (Phi) is 3.71. The fraction of sp³-hybridized carbons (Fsp3) is 0.750. The summed E-state index contributed by atoms with van der Waals surface area (Å²) in [4.78, 5) is 11.6. The fourth-order valence-corrected chi connectivity index (χ4v) is 1.94. The lowest BCUT2D eigenvalue weighted by molar-refractivity contribution is -0.141. The van der Waals surface area contributed by atoms with E-state index in [1.165, 1.54) is 0 Å². The van der Waals surface area contributed by atoms with Crippen molar-refractivity contribution in [3.05, 3.63) is 0 Å². The van der Waals surface area contributed by atoms with Crippen LogP contribution in [0.15, 0.2) is 0 Å². The van der Waals surface area contributed by atoms with Crippen molar-refractivity contribution < 1.29 is 9.90 Å². The average Bonchev–Trinajstić information content (AvgIpc) is 2.19. The molecular weight excluding hydrogens is 176 g/mol. The first-order chi connectivity index (χ1) is 6.58. The van der Waals surface area contributed by atoms with Crippen LogP contribution in [-0.4, -0.2) is 16.5 Å². The molecule has 2 heteroatoms. The number of hydrogen-bond acceptors (Lipinski definition) is 2. The van der Waals surface area contributed by atoms with Crippen LogP contribution in [0.4, 0.5) is 0 Å². The Bertz CT molecular complexity index is 242. The summed E-state index contributed by atoms with van der Waals surface area (Å²) < 4.78 is 0. The van der Waals surface area contributed by atoms with Gasteiger partial charge in [0.15, 0.2) is 5.78 Å². The van der Waals surface area contributed by atoms with Gasteiger partial charge in [-0.15, -0.1) is 12.3 Å². The molecule has 0 radical (unpaired) electrons. The van der Waals surface area contributed by atoms with Gasteiger partial charge in [-0.3, -0.25) is 4.79 Å². The zero-order chi connectivity index (χ0) is 10.6. The first-order valence-corrected chi connectivity index (χ1v) is 5.27. The van der Waals surface area contributed by atoms with Crippen molar-refractivity contribution in [1.29, 1.82) is 0 Å². The van der Waals surface area contributed by atoms with Crippen molar-refractivity contribution in [2.24, 2.45) is 5.92 Å². The van der Waals surface area contributed by atoms with Crippen molar-refractivity contribution in [1.82, 2.24) is 0 Å². The topological polar surface area (TPSA) is 37.3 Å². The summed E-state index contributed by atoms with van der Waals surface area (Å²) in [6.45, 7) is 2.16. The Morgan fingerprint density at radius 1 is 1.57 bits per heavy atom. The van der Waals surface area contributed by atoms with Gasteiger partial charge in [0, 0.05) is 12.8 Å². The molecule has 14 heavy (non-hydrogen) atoms. The molecule has 78 valence electrons. The van der Waals surface area contributed by atoms with E-state index in [1.54, 1.807) is 0 Å². The lowest BCUT2D eigenvalue weighted by Crippen LogP contribution is -2.41. The predicted molar refractivity (Wildman–Crippen MR) is 55.7 cm³/mol. The van der Waals surface area contributed by atoms with E-state index in [0.29, 0.717) is 31.6 Å². The monoisotopic (exact) mass is 194 g/mol. The summed E-state index contributed by atoms with van der Waals surface area (Å²) in [6.07, 6.45) is 8.95. The van der Waals surface area contributed by atoms with Crippen LogP contribution in [0.3, 0.4) is 0 Å². The van der Waals surface area contributed by atoms with E-state index in [2.05, 4.69) is 12.8 Å². The van der Waals surface area contributed by atoms with Crippen LogP contribution >= 0.6 is 0 Å². The number of terminal acetylenes is 1. The number of carbonyl (C=O) groups excluding carboxylic acids is 1. The molecule has 0 aromatic heterocycles. The van der Waals surface area contributed by atoms with Crippen LogP contribution in [0.2, 0.25) is 0 Å². The van der Waals surface area contributed by atoms with Gasteiger partial charge < -0.3 is 5.11 Å². The first-order valence-electron chi connectivity index (χ1n) is 5.27. The van der Waals surface area contributed by atoms with E-state index >= 15 is 0 Å². The molecule has 0 aromatic rings. The minimum absolute atomic E-state index is 0.0673. The molecule has 0 spiro atoms. The maximum atomic E-state index is 11.6. The summed E-state index contributed by atoms with van der Waals surface area (Å²) in [7, 11) is 0. The van der Waals surface area contributed by atoms with Gasteiger partial charge in [-0.2, -0.15) is 0 Å². The SMILES string of the molecule is C#CCCC(=O)C1(O)CCC(C)CC1. The van der Waals surface area contributed by atoms with E-state index in [-0.39, 0.29) is 5.78 Å². The zero-order valence-corrected chi connectivity index (χ0v) is 8.75. The highest BCUT2D eigenvalue weighted by molar-refractivity contribution is 5.87. The van der Waals surface area contributed by atoms with Crippen molar-refractivity contribution in [2.75, 3.05) is 0 Å². The Labute approximate surface area is 85.7 Å². The van der Waals surface area contributed by atoms with Crippen LogP contribution < -0.4 is 0 Å². The fourth-order valence-electron chi connectivity index (χ4n) is 1.94. The molecule has 0 aliphatic heterocycles. The maximum absolute atomic E-state index is 11.6. The van der Waals surface area contributed by atoms with Crippen molar-refractivity contribution in [2.45, 2.75) is 51.0 Å². The lowest BCUT2D eigenvalue weighted by Gasteiger charge is -2.33. The highest BCUT2D eigenvalue weighted by atomic mass is 16.3. The molecule has 1 rings (SSSR count).